The third-order valence-electron chi connectivity index (χ3n) is 6.21. The van der Waals surface area contributed by atoms with E-state index in [1.54, 1.807) is 0 Å². The van der Waals surface area contributed by atoms with Gasteiger partial charge in [-0.25, -0.2) is 18.3 Å². The van der Waals surface area contributed by atoms with Crippen LogP contribution in [0, 0.1) is 13.8 Å². The number of hydrogen-bond acceptors (Lipinski definition) is 0. The highest BCUT2D eigenvalue weighted by Crippen LogP contribution is 2.07. The van der Waals surface area contributed by atoms with Gasteiger partial charge in [0.1, 0.15) is 37.9 Å². The molecule has 2 aromatic heterocycles. The van der Waals surface area contributed by atoms with Gasteiger partial charge in [-0.2, -0.15) is 0 Å². The topological polar surface area (TPSA) is 17.6 Å². The van der Waals surface area contributed by atoms with Crippen molar-refractivity contribution in [2.24, 2.45) is 0 Å². The Morgan fingerprint density at radius 3 is 1.42 bits per heavy atom. The van der Waals surface area contributed by atoms with E-state index in [-0.39, 0.29) is 0 Å². The van der Waals surface area contributed by atoms with E-state index in [0.29, 0.717) is 0 Å². The standard InChI is InChI=1S/C27H34N4/c1-24-28(18-20-30(24)22-26-12-6-3-7-13-26)16-10-5-11-17-29-19-21-31(25(29)2)23-27-14-8-4-9-15-27/h3-4,6-9,12-15,18-21H,5,10-11,16-17,22-23H2,1-2H3/q+2. The highest BCUT2D eigenvalue weighted by molar-refractivity contribution is 5.14. The first-order chi connectivity index (χ1) is 15.2. The molecule has 0 saturated heterocycles. The maximum absolute atomic E-state index is 2.39. The lowest BCUT2D eigenvalue weighted by atomic mass is 10.2. The quantitative estimate of drug-likeness (QED) is 0.270. The predicted molar refractivity (Wildman–Crippen MR) is 124 cm³/mol. The number of aryl methyl sites for hydroxylation is 2. The summed E-state index contributed by atoms with van der Waals surface area (Å²) in [6, 6.07) is 21.3. The van der Waals surface area contributed by atoms with Gasteiger partial charge < -0.3 is 0 Å². The third-order valence-corrected chi connectivity index (χ3v) is 6.21. The van der Waals surface area contributed by atoms with Gasteiger partial charge in [-0.05, 0) is 30.4 Å². The summed E-state index contributed by atoms with van der Waals surface area (Å²) in [5, 5.41) is 0. The van der Waals surface area contributed by atoms with Gasteiger partial charge in [-0.15, -0.1) is 0 Å². The fraction of sp³-hybridized carbons (Fsp3) is 0.333. The largest absolute Gasteiger partial charge is 0.253 e. The molecule has 0 unspecified atom stereocenters. The van der Waals surface area contributed by atoms with Crippen molar-refractivity contribution in [3.63, 3.8) is 0 Å². The Bertz CT molecular complexity index is 989. The smallest absolute Gasteiger partial charge is 0.234 e. The van der Waals surface area contributed by atoms with Crippen molar-refractivity contribution in [3.8, 4) is 0 Å². The molecule has 2 heterocycles. The molecule has 4 heteroatoms. The molecule has 0 aliphatic rings. The molecule has 0 radical (unpaired) electrons. The lowest BCUT2D eigenvalue weighted by Gasteiger charge is -2.03. The maximum atomic E-state index is 2.39. The van der Waals surface area contributed by atoms with Crippen LogP contribution in [-0.4, -0.2) is 9.13 Å². The molecule has 4 aromatic rings. The average Bonchev–Trinajstić information content (AvgIpc) is 3.32. The van der Waals surface area contributed by atoms with Crippen LogP contribution in [0.15, 0.2) is 85.5 Å². The van der Waals surface area contributed by atoms with Crippen molar-refractivity contribution >= 4 is 0 Å². The van der Waals surface area contributed by atoms with Crippen LogP contribution in [0.4, 0.5) is 0 Å². The maximum Gasteiger partial charge on any atom is 0.253 e. The van der Waals surface area contributed by atoms with Crippen LogP contribution >= 0.6 is 0 Å². The summed E-state index contributed by atoms with van der Waals surface area (Å²) in [5.74, 6) is 2.65. The molecule has 0 spiro atoms. The van der Waals surface area contributed by atoms with Crippen molar-refractivity contribution in [1.82, 2.24) is 9.13 Å². The minimum atomic E-state index is 0.940. The monoisotopic (exact) mass is 414 g/mol. The first-order valence-electron chi connectivity index (χ1n) is 11.4. The van der Waals surface area contributed by atoms with Crippen LogP contribution in [0.3, 0.4) is 0 Å². The summed E-state index contributed by atoms with van der Waals surface area (Å²) in [6.45, 7) is 8.50. The van der Waals surface area contributed by atoms with Gasteiger partial charge in [-0.3, -0.25) is 0 Å². The van der Waals surface area contributed by atoms with Gasteiger partial charge in [0.25, 0.3) is 11.6 Å². The SMILES string of the molecule is Cc1n(CCCCCn2cc[n+](Cc3ccccc3)c2C)cc[n+]1Cc1ccccc1. The minimum Gasteiger partial charge on any atom is -0.234 e. The summed E-state index contributed by atoms with van der Waals surface area (Å²) in [6.07, 6.45) is 12.5. The first-order valence-corrected chi connectivity index (χ1v) is 11.4. The Hall–Kier alpha value is -3.14. The summed E-state index contributed by atoms with van der Waals surface area (Å²) < 4.78 is 9.45. The second-order valence-corrected chi connectivity index (χ2v) is 8.37. The average molecular weight is 415 g/mol. The van der Waals surface area contributed by atoms with E-state index in [0.717, 1.165) is 26.2 Å². The summed E-state index contributed by atoms with van der Waals surface area (Å²) >= 11 is 0. The number of unbranched alkanes of at least 4 members (excludes halogenated alkanes) is 2. The molecule has 0 fully saturated rings. The van der Waals surface area contributed by atoms with E-state index in [1.165, 1.54) is 42.0 Å². The highest BCUT2D eigenvalue weighted by Gasteiger charge is 2.14. The molecular formula is C27H34N4+2. The fourth-order valence-electron chi connectivity index (χ4n) is 4.19. The van der Waals surface area contributed by atoms with Crippen LogP contribution in [-0.2, 0) is 26.2 Å². The van der Waals surface area contributed by atoms with Crippen LogP contribution < -0.4 is 9.13 Å². The van der Waals surface area contributed by atoms with Crippen molar-refractivity contribution in [2.75, 3.05) is 0 Å². The Kier molecular flexibility index (Phi) is 6.98. The fourth-order valence-corrected chi connectivity index (χ4v) is 4.19. The van der Waals surface area contributed by atoms with E-state index >= 15 is 0 Å². The Morgan fingerprint density at radius 1 is 0.581 bits per heavy atom. The van der Waals surface area contributed by atoms with Gasteiger partial charge in [0, 0.05) is 13.8 Å². The van der Waals surface area contributed by atoms with Gasteiger partial charge >= 0.3 is 0 Å². The molecule has 31 heavy (non-hydrogen) atoms. The third kappa shape index (κ3) is 5.52. The molecule has 0 amide bonds. The predicted octanol–water partition coefficient (Wildman–Crippen LogP) is 4.45. The summed E-state index contributed by atoms with van der Waals surface area (Å²) in [4.78, 5) is 0. The van der Waals surface area contributed by atoms with E-state index < -0.39 is 0 Å². The normalized spacial score (nSPS) is 11.2. The molecule has 0 aliphatic heterocycles. The number of rotatable bonds is 10. The number of hydrogen-bond donors (Lipinski definition) is 0. The Balaban J connectivity index is 1.22. The van der Waals surface area contributed by atoms with Crippen molar-refractivity contribution < 1.29 is 9.13 Å². The zero-order valence-electron chi connectivity index (χ0n) is 18.8. The molecule has 0 atom stereocenters. The lowest BCUT2D eigenvalue weighted by Crippen LogP contribution is -2.36. The number of nitrogens with zero attached hydrogens (tertiary/aromatic N) is 4. The van der Waals surface area contributed by atoms with Crippen LogP contribution in [0.1, 0.15) is 42.0 Å². The van der Waals surface area contributed by atoms with E-state index in [1.807, 2.05) is 0 Å². The first kappa shape index (κ1) is 21.1. The van der Waals surface area contributed by atoms with Crippen LogP contribution in [0.2, 0.25) is 0 Å². The molecule has 2 aromatic carbocycles. The lowest BCUT2D eigenvalue weighted by molar-refractivity contribution is -0.694. The van der Waals surface area contributed by atoms with E-state index in [4.69, 9.17) is 0 Å². The summed E-state index contributed by atoms with van der Waals surface area (Å²) in [7, 11) is 0. The number of imidazole rings is 2. The van der Waals surface area contributed by atoms with Gasteiger partial charge in [0.15, 0.2) is 0 Å². The molecule has 4 nitrogen and oxygen atoms in total. The number of aromatic nitrogens is 4. The van der Waals surface area contributed by atoms with Gasteiger partial charge in [0.2, 0.25) is 0 Å². The van der Waals surface area contributed by atoms with Crippen LogP contribution in [0.5, 0.6) is 0 Å². The zero-order valence-corrected chi connectivity index (χ0v) is 18.8. The minimum absolute atomic E-state index is 0.940. The molecular weight excluding hydrogens is 380 g/mol. The molecule has 0 saturated carbocycles. The van der Waals surface area contributed by atoms with E-state index in [2.05, 4.69) is 118 Å². The Labute approximate surface area is 186 Å². The molecule has 0 bridgehead atoms. The summed E-state index contributed by atoms with van der Waals surface area (Å²) in [5.41, 5.74) is 2.69. The van der Waals surface area contributed by atoms with Crippen LogP contribution in [0.25, 0.3) is 0 Å². The molecule has 0 aliphatic carbocycles. The van der Waals surface area contributed by atoms with Crippen molar-refractivity contribution in [2.45, 2.75) is 59.3 Å². The Morgan fingerprint density at radius 2 is 1.00 bits per heavy atom. The zero-order chi connectivity index (χ0) is 21.5. The van der Waals surface area contributed by atoms with E-state index in [9.17, 15) is 0 Å². The molecule has 0 N–H and O–H groups in total. The van der Waals surface area contributed by atoms with Gasteiger partial charge in [-0.1, -0.05) is 60.7 Å². The van der Waals surface area contributed by atoms with Gasteiger partial charge in [0.05, 0.1) is 13.1 Å². The van der Waals surface area contributed by atoms with Crippen molar-refractivity contribution in [3.05, 3.63) is 108 Å². The molecule has 4 rings (SSSR count). The highest BCUT2D eigenvalue weighted by atomic mass is 15.1. The van der Waals surface area contributed by atoms with Crippen molar-refractivity contribution in [1.29, 1.82) is 0 Å². The number of benzene rings is 2. The second-order valence-electron chi connectivity index (χ2n) is 8.37. The molecule has 160 valence electrons. The second kappa shape index (κ2) is 10.3.